The molecule has 1 aliphatic heterocycles. The van der Waals surface area contributed by atoms with Crippen LogP contribution in [-0.4, -0.2) is 36.0 Å². The van der Waals surface area contributed by atoms with E-state index in [2.05, 4.69) is 5.32 Å². The third-order valence-corrected chi connectivity index (χ3v) is 6.71. The molecule has 1 saturated heterocycles. The molecule has 3 atom stereocenters. The van der Waals surface area contributed by atoms with Crippen molar-refractivity contribution in [2.24, 2.45) is 5.92 Å². The number of nitrogens with one attached hydrogen (secondary N) is 1. The zero-order valence-electron chi connectivity index (χ0n) is 16.5. The first-order chi connectivity index (χ1) is 13.7. The lowest BCUT2D eigenvalue weighted by atomic mass is 9.84. The van der Waals surface area contributed by atoms with E-state index in [0.29, 0.717) is 18.9 Å². The van der Waals surface area contributed by atoms with Gasteiger partial charge in [-0.15, -0.1) is 0 Å². The Morgan fingerprint density at radius 2 is 1.93 bits per heavy atom. The van der Waals surface area contributed by atoms with Gasteiger partial charge in [0.05, 0.1) is 12.7 Å². The van der Waals surface area contributed by atoms with Crippen molar-refractivity contribution in [2.75, 3.05) is 6.61 Å². The number of amides is 1. The van der Waals surface area contributed by atoms with Crippen LogP contribution in [-0.2, 0) is 25.7 Å². The Kier molecular flexibility index (Phi) is 6.12. The molecular formula is C23H31NO4. The van der Waals surface area contributed by atoms with E-state index in [1.807, 2.05) is 30.3 Å². The summed E-state index contributed by atoms with van der Waals surface area (Å²) in [6, 6.07) is 9.95. The largest absolute Gasteiger partial charge is 0.367 e. The molecule has 3 fully saturated rings. The summed E-state index contributed by atoms with van der Waals surface area (Å²) in [7, 11) is 0. The minimum atomic E-state index is -0.821. The molecule has 0 spiro atoms. The molecule has 0 aromatic heterocycles. The number of hydrogen-bond donors (Lipinski definition) is 1. The van der Waals surface area contributed by atoms with Gasteiger partial charge in [0.25, 0.3) is 0 Å². The Morgan fingerprint density at radius 3 is 2.71 bits per heavy atom. The van der Waals surface area contributed by atoms with Gasteiger partial charge in [-0.2, -0.15) is 0 Å². The predicted molar refractivity (Wildman–Crippen MR) is 106 cm³/mol. The number of Topliss-reactive ketones (excluding diaryl/α,β-unsaturated/α-hetero) is 1. The van der Waals surface area contributed by atoms with Crippen molar-refractivity contribution in [3.05, 3.63) is 35.9 Å². The van der Waals surface area contributed by atoms with Crippen LogP contribution >= 0.6 is 0 Å². The van der Waals surface area contributed by atoms with Crippen LogP contribution in [0.4, 0.5) is 0 Å². The number of carbonyl (C=O) groups excluding carboxylic acids is 2. The van der Waals surface area contributed by atoms with Crippen molar-refractivity contribution >= 4 is 11.7 Å². The van der Waals surface area contributed by atoms with Gasteiger partial charge < -0.3 is 14.8 Å². The lowest BCUT2D eigenvalue weighted by Gasteiger charge is -2.31. The van der Waals surface area contributed by atoms with E-state index in [1.54, 1.807) is 0 Å². The zero-order chi connectivity index (χ0) is 19.4. The van der Waals surface area contributed by atoms with Crippen molar-refractivity contribution < 1.29 is 19.1 Å². The highest BCUT2D eigenvalue weighted by Crippen LogP contribution is 2.38. The van der Waals surface area contributed by atoms with Crippen LogP contribution < -0.4 is 5.32 Å². The Bertz CT molecular complexity index is 685. The number of ether oxygens (including phenoxy) is 2. The second kappa shape index (κ2) is 8.75. The molecule has 4 rings (SSSR count). The average Bonchev–Trinajstić information content (AvgIpc) is 3.26. The third kappa shape index (κ3) is 4.15. The molecule has 2 saturated carbocycles. The van der Waals surface area contributed by atoms with E-state index in [0.717, 1.165) is 37.7 Å². The zero-order valence-corrected chi connectivity index (χ0v) is 16.5. The highest BCUT2D eigenvalue weighted by atomic mass is 16.5. The Hall–Kier alpha value is -1.72. The maximum absolute atomic E-state index is 13.2. The van der Waals surface area contributed by atoms with Crippen molar-refractivity contribution in [2.45, 2.75) is 82.1 Å². The summed E-state index contributed by atoms with van der Waals surface area (Å²) < 4.78 is 11.8. The van der Waals surface area contributed by atoms with E-state index in [1.165, 1.54) is 19.3 Å². The quantitative estimate of drug-likeness (QED) is 0.780. The van der Waals surface area contributed by atoms with Gasteiger partial charge in [0, 0.05) is 0 Å². The van der Waals surface area contributed by atoms with E-state index in [9.17, 15) is 9.59 Å². The molecule has 1 N–H and O–H groups in total. The highest BCUT2D eigenvalue weighted by Gasteiger charge is 2.55. The summed E-state index contributed by atoms with van der Waals surface area (Å²) in [6.07, 6.45) is 8.54. The highest BCUT2D eigenvalue weighted by molar-refractivity contribution is 5.97. The molecule has 1 aromatic rings. The van der Waals surface area contributed by atoms with E-state index in [-0.39, 0.29) is 24.4 Å². The third-order valence-electron chi connectivity index (χ3n) is 6.71. The minimum absolute atomic E-state index is 0.0165. The van der Waals surface area contributed by atoms with E-state index >= 15 is 0 Å². The number of rotatable bonds is 7. The van der Waals surface area contributed by atoms with Crippen LogP contribution in [0, 0.1) is 5.92 Å². The first kappa shape index (κ1) is 19.6. The molecule has 3 aliphatic rings. The topological polar surface area (TPSA) is 64.6 Å². The van der Waals surface area contributed by atoms with Gasteiger partial charge in [0.2, 0.25) is 5.91 Å². The van der Waals surface area contributed by atoms with Crippen molar-refractivity contribution in [1.82, 2.24) is 5.32 Å². The van der Waals surface area contributed by atoms with Crippen LogP contribution in [0.3, 0.4) is 0 Å². The predicted octanol–water partition coefficient (Wildman–Crippen LogP) is 3.55. The van der Waals surface area contributed by atoms with Crippen LogP contribution in [0.5, 0.6) is 0 Å². The summed E-state index contributed by atoms with van der Waals surface area (Å²) in [5, 5.41) is 3.09. The van der Waals surface area contributed by atoms with E-state index < -0.39 is 11.6 Å². The molecular weight excluding hydrogens is 354 g/mol. The Balaban J connectivity index is 1.45. The lowest BCUT2D eigenvalue weighted by Crippen LogP contribution is -2.58. The van der Waals surface area contributed by atoms with Crippen molar-refractivity contribution in [3.8, 4) is 0 Å². The van der Waals surface area contributed by atoms with Gasteiger partial charge in [-0.3, -0.25) is 9.59 Å². The van der Waals surface area contributed by atoms with Gasteiger partial charge in [-0.1, -0.05) is 62.4 Å². The van der Waals surface area contributed by atoms with Crippen LogP contribution in [0.1, 0.15) is 63.4 Å². The molecule has 5 nitrogen and oxygen atoms in total. The van der Waals surface area contributed by atoms with E-state index in [4.69, 9.17) is 9.47 Å². The average molecular weight is 386 g/mol. The molecule has 1 amide bonds. The monoisotopic (exact) mass is 385 g/mol. The first-order valence-corrected chi connectivity index (χ1v) is 10.8. The number of ketones is 1. The lowest BCUT2D eigenvalue weighted by molar-refractivity contribution is -0.140. The SMILES string of the molecule is O=C(NC12CCCC1OCC2=O)C(CC1CCCCC1)OCc1ccccc1. The van der Waals surface area contributed by atoms with Gasteiger partial charge in [0.1, 0.15) is 18.2 Å². The number of hydrogen-bond acceptors (Lipinski definition) is 4. The second-order valence-corrected chi connectivity index (χ2v) is 8.60. The first-order valence-electron chi connectivity index (χ1n) is 10.8. The number of benzene rings is 1. The van der Waals surface area contributed by atoms with Crippen molar-refractivity contribution in [1.29, 1.82) is 0 Å². The molecule has 3 unspecified atom stereocenters. The molecule has 0 radical (unpaired) electrons. The summed E-state index contributed by atoms with van der Waals surface area (Å²) in [6.45, 7) is 0.523. The van der Waals surface area contributed by atoms with Gasteiger partial charge in [-0.05, 0) is 37.2 Å². The summed E-state index contributed by atoms with van der Waals surface area (Å²) in [5.41, 5.74) is 0.235. The van der Waals surface area contributed by atoms with Crippen LogP contribution in [0.2, 0.25) is 0 Å². The fraction of sp³-hybridized carbons (Fsp3) is 0.652. The Morgan fingerprint density at radius 1 is 1.14 bits per heavy atom. The van der Waals surface area contributed by atoms with Gasteiger partial charge >= 0.3 is 0 Å². The van der Waals surface area contributed by atoms with Gasteiger partial charge in [0.15, 0.2) is 5.78 Å². The molecule has 1 aromatic carbocycles. The normalized spacial score (nSPS) is 28.9. The molecule has 2 aliphatic carbocycles. The maximum atomic E-state index is 13.2. The maximum Gasteiger partial charge on any atom is 0.250 e. The summed E-state index contributed by atoms with van der Waals surface area (Å²) in [4.78, 5) is 25.8. The fourth-order valence-corrected chi connectivity index (χ4v) is 5.08. The fourth-order valence-electron chi connectivity index (χ4n) is 5.08. The number of fused-ring (bicyclic) bond motifs is 1. The molecule has 1 heterocycles. The standard InChI is InChI=1S/C23H31NO4/c25-20-16-28-21-12-7-13-23(20,21)24-22(26)19(14-17-8-3-1-4-9-17)27-15-18-10-5-2-6-11-18/h2,5-6,10-11,17,19,21H,1,3-4,7-9,12-16H2,(H,24,26). The smallest absolute Gasteiger partial charge is 0.250 e. The molecule has 152 valence electrons. The number of carbonyl (C=O) groups is 2. The van der Waals surface area contributed by atoms with Crippen LogP contribution in [0.25, 0.3) is 0 Å². The molecule has 5 heteroatoms. The summed E-state index contributed by atoms with van der Waals surface area (Å²) >= 11 is 0. The van der Waals surface area contributed by atoms with Crippen LogP contribution in [0.15, 0.2) is 30.3 Å². The second-order valence-electron chi connectivity index (χ2n) is 8.60. The van der Waals surface area contributed by atoms with Gasteiger partial charge in [-0.25, -0.2) is 0 Å². The summed E-state index contributed by atoms with van der Waals surface area (Å²) in [5.74, 6) is 0.391. The Labute approximate surface area is 167 Å². The molecule has 28 heavy (non-hydrogen) atoms. The van der Waals surface area contributed by atoms with Crippen molar-refractivity contribution in [3.63, 3.8) is 0 Å². The minimum Gasteiger partial charge on any atom is -0.367 e. The molecule has 0 bridgehead atoms.